The minimum Gasteiger partial charge on any atom is -0.356 e. The van der Waals surface area contributed by atoms with Gasteiger partial charge in [0.1, 0.15) is 0 Å². The molecule has 2 heterocycles. The van der Waals surface area contributed by atoms with Crippen LogP contribution in [0.3, 0.4) is 0 Å². The van der Waals surface area contributed by atoms with Crippen molar-refractivity contribution in [2.75, 3.05) is 39.8 Å². The third kappa shape index (κ3) is 8.32. The zero-order valence-electron chi connectivity index (χ0n) is 15.1. The van der Waals surface area contributed by atoms with Crippen LogP contribution in [-0.2, 0) is 13.5 Å². The van der Waals surface area contributed by atoms with E-state index in [4.69, 9.17) is 0 Å². The first kappa shape index (κ1) is 21.2. The number of nitrogens with zero attached hydrogens (tertiary/aromatic N) is 4. The second-order valence-corrected chi connectivity index (χ2v) is 6.31. The van der Waals surface area contributed by atoms with Crippen LogP contribution in [0.5, 0.6) is 0 Å². The SMILES string of the molecule is CN=C(NCCCN1CCCCCC1)NCCc1cnn(C)c1.I. The first-order valence-corrected chi connectivity index (χ1v) is 8.92. The fourth-order valence-electron chi connectivity index (χ4n) is 3.02. The van der Waals surface area contributed by atoms with E-state index in [2.05, 4.69) is 31.8 Å². The molecule has 0 spiro atoms. The van der Waals surface area contributed by atoms with Crippen LogP contribution in [0.4, 0.5) is 0 Å². The van der Waals surface area contributed by atoms with E-state index in [-0.39, 0.29) is 24.0 Å². The Balaban J connectivity index is 0.00000288. The van der Waals surface area contributed by atoms with Crippen LogP contribution in [0.25, 0.3) is 0 Å². The third-order valence-electron chi connectivity index (χ3n) is 4.33. The first-order chi connectivity index (χ1) is 11.3. The number of aromatic nitrogens is 2. The Kier molecular flexibility index (Phi) is 11.1. The van der Waals surface area contributed by atoms with Crippen molar-refractivity contribution in [1.82, 2.24) is 25.3 Å². The van der Waals surface area contributed by atoms with Crippen LogP contribution in [0.15, 0.2) is 17.4 Å². The van der Waals surface area contributed by atoms with Crippen molar-refractivity contribution < 1.29 is 0 Å². The summed E-state index contributed by atoms with van der Waals surface area (Å²) in [6, 6.07) is 0. The number of aliphatic imine (C=N–C) groups is 1. The Morgan fingerprint density at radius 3 is 2.50 bits per heavy atom. The van der Waals surface area contributed by atoms with Crippen LogP contribution in [0.1, 0.15) is 37.7 Å². The molecule has 1 aliphatic heterocycles. The Morgan fingerprint density at radius 2 is 1.88 bits per heavy atom. The maximum atomic E-state index is 4.28. The number of rotatable bonds is 7. The van der Waals surface area contributed by atoms with E-state index in [0.29, 0.717) is 0 Å². The molecule has 0 atom stereocenters. The lowest BCUT2D eigenvalue weighted by Gasteiger charge is -2.20. The van der Waals surface area contributed by atoms with Crippen LogP contribution in [0, 0.1) is 0 Å². The predicted molar refractivity (Wildman–Crippen MR) is 111 cm³/mol. The number of aryl methyl sites for hydroxylation is 1. The molecule has 6 nitrogen and oxygen atoms in total. The normalized spacial score (nSPS) is 16.3. The van der Waals surface area contributed by atoms with Gasteiger partial charge in [0.2, 0.25) is 0 Å². The fraction of sp³-hybridized carbons (Fsp3) is 0.765. The van der Waals surface area contributed by atoms with E-state index >= 15 is 0 Å². The zero-order chi connectivity index (χ0) is 16.3. The number of nitrogens with one attached hydrogen (secondary N) is 2. The van der Waals surface area contributed by atoms with Crippen LogP contribution >= 0.6 is 24.0 Å². The number of hydrogen-bond acceptors (Lipinski definition) is 3. The average molecular weight is 448 g/mol. The molecule has 1 saturated heterocycles. The lowest BCUT2D eigenvalue weighted by molar-refractivity contribution is 0.282. The molecule has 0 aliphatic carbocycles. The summed E-state index contributed by atoms with van der Waals surface area (Å²) >= 11 is 0. The maximum absolute atomic E-state index is 4.28. The van der Waals surface area contributed by atoms with Gasteiger partial charge in [0.25, 0.3) is 0 Å². The van der Waals surface area contributed by atoms with Gasteiger partial charge in [0.15, 0.2) is 5.96 Å². The van der Waals surface area contributed by atoms with Gasteiger partial charge in [-0.25, -0.2) is 0 Å². The van der Waals surface area contributed by atoms with Gasteiger partial charge in [-0.2, -0.15) is 5.10 Å². The monoisotopic (exact) mass is 448 g/mol. The van der Waals surface area contributed by atoms with Gasteiger partial charge in [0.05, 0.1) is 6.20 Å². The summed E-state index contributed by atoms with van der Waals surface area (Å²) in [6.45, 7) is 5.59. The van der Waals surface area contributed by atoms with Crippen molar-refractivity contribution in [2.45, 2.75) is 38.5 Å². The van der Waals surface area contributed by atoms with Crippen molar-refractivity contribution in [2.24, 2.45) is 12.0 Å². The number of halogens is 1. The van der Waals surface area contributed by atoms with Crippen molar-refractivity contribution in [3.8, 4) is 0 Å². The Hall–Kier alpha value is -0.830. The molecule has 138 valence electrons. The molecule has 0 amide bonds. The van der Waals surface area contributed by atoms with E-state index < -0.39 is 0 Å². The smallest absolute Gasteiger partial charge is 0.190 e. The topological polar surface area (TPSA) is 57.5 Å². The van der Waals surface area contributed by atoms with E-state index in [1.54, 1.807) is 0 Å². The Labute approximate surface area is 163 Å². The van der Waals surface area contributed by atoms with Gasteiger partial charge in [-0.15, -0.1) is 24.0 Å². The molecule has 0 saturated carbocycles. The van der Waals surface area contributed by atoms with Gasteiger partial charge in [-0.3, -0.25) is 9.67 Å². The average Bonchev–Trinajstić information content (AvgIpc) is 2.81. The highest BCUT2D eigenvalue weighted by Crippen LogP contribution is 2.09. The highest BCUT2D eigenvalue weighted by Gasteiger charge is 2.08. The summed E-state index contributed by atoms with van der Waals surface area (Å²) in [5.41, 5.74) is 1.25. The molecule has 0 bridgehead atoms. The zero-order valence-corrected chi connectivity index (χ0v) is 17.5. The molecule has 0 unspecified atom stereocenters. The van der Waals surface area contributed by atoms with E-state index in [9.17, 15) is 0 Å². The highest BCUT2D eigenvalue weighted by molar-refractivity contribution is 14.0. The summed E-state index contributed by atoms with van der Waals surface area (Å²) in [6.07, 6.45) is 11.6. The maximum Gasteiger partial charge on any atom is 0.190 e. The number of likely N-dealkylation sites (tertiary alicyclic amines) is 1. The standard InChI is InChI=1S/C17H32N6.HI/c1-18-17(20-10-8-16-14-21-22(2)15-16)19-9-7-13-23-11-5-3-4-6-12-23;/h14-15H,3-13H2,1-2H3,(H2,18,19,20);1H. The second kappa shape index (κ2) is 12.5. The van der Waals surface area contributed by atoms with Crippen molar-refractivity contribution in [1.29, 1.82) is 0 Å². The molecule has 2 N–H and O–H groups in total. The predicted octanol–water partition coefficient (Wildman–Crippen LogP) is 2.01. The molecule has 0 radical (unpaired) electrons. The Morgan fingerprint density at radius 1 is 1.17 bits per heavy atom. The summed E-state index contributed by atoms with van der Waals surface area (Å²) in [4.78, 5) is 6.89. The van der Waals surface area contributed by atoms with Gasteiger partial charge >= 0.3 is 0 Å². The molecule has 1 aliphatic rings. The van der Waals surface area contributed by atoms with Crippen LogP contribution in [-0.4, -0.2) is 60.4 Å². The Bertz CT molecular complexity index is 465. The molecule has 1 fully saturated rings. The highest BCUT2D eigenvalue weighted by atomic mass is 127. The molecule has 7 heteroatoms. The molecule has 1 aromatic rings. The molecule has 0 aromatic carbocycles. The number of hydrogen-bond donors (Lipinski definition) is 2. The molecule has 24 heavy (non-hydrogen) atoms. The van der Waals surface area contributed by atoms with Crippen molar-refractivity contribution >= 4 is 29.9 Å². The van der Waals surface area contributed by atoms with Gasteiger partial charge in [-0.05, 0) is 50.9 Å². The molecule has 2 rings (SSSR count). The molecular formula is C17H33IN6. The summed E-state index contributed by atoms with van der Waals surface area (Å²) < 4.78 is 1.84. The van der Waals surface area contributed by atoms with Crippen LogP contribution < -0.4 is 10.6 Å². The minimum atomic E-state index is 0. The number of guanidine groups is 1. The summed E-state index contributed by atoms with van der Waals surface area (Å²) in [5, 5.41) is 11.0. The van der Waals surface area contributed by atoms with Crippen molar-refractivity contribution in [3.63, 3.8) is 0 Å². The lowest BCUT2D eigenvalue weighted by Crippen LogP contribution is -2.39. The fourth-order valence-corrected chi connectivity index (χ4v) is 3.02. The molecule has 1 aromatic heterocycles. The minimum absolute atomic E-state index is 0. The largest absolute Gasteiger partial charge is 0.356 e. The van der Waals surface area contributed by atoms with E-state index in [0.717, 1.165) is 25.5 Å². The third-order valence-corrected chi connectivity index (χ3v) is 4.33. The lowest BCUT2D eigenvalue weighted by atomic mass is 10.2. The second-order valence-electron chi connectivity index (χ2n) is 6.31. The van der Waals surface area contributed by atoms with Gasteiger partial charge in [-0.1, -0.05) is 12.8 Å². The van der Waals surface area contributed by atoms with Crippen LogP contribution in [0.2, 0.25) is 0 Å². The molecular weight excluding hydrogens is 415 g/mol. The van der Waals surface area contributed by atoms with Gasteiger partial charge in [0, 0.05) is 33.4 Å². The first-order valence-electron chi connectivity index (χ1n) is 8.92. The summed E-state index contributed by atoms with van der Waals surface area (Å²) in [5.74, 6) is 0.893. The van der Waals surface area contributed by atoms with Gasteiger partial charge < -0.3 is 15.5 Å². The van der Waals surface area contributed by atoms with E-state index in [1.807, 2.05) is 25.0 Å². The van der Waals surface area contributed by atoms with Crippen molar-refractivity contribution in [3.05, 3.63) is 18.0 Å². The quantitative estimate of drug-likeness (QED) is 0.290. The van der Waals surface area contributed by atoms with E-state index in [1.165, 1.54) is 57.3 Å². The summed E-state index contributed by atoms with van der Waals surface area (Å²) in [7, 11) is 3.77.